The third kappa shape index (κ3) is 4.45. The quantitative estimate of drug-likeness (QED) is 0.732. The van der Waals surface area contributed by atoms with E-state index in [9.17, 15) is 14.4 Å². The molecule has 0 aromatic heterocycles. The van der Waals surface area contributed by atoms with Crippen LogP contribution in [0.2, 0.25) is 0 Å². The Labute approximate surface area is 131 Å². The molecule has 0 aromatic carbocycles. The summed E-state index contributed by atoms with van der Waals surface area (Å²) in [4.78, 5) is 39.2. The third-order valence-corrected chi connectivity index (χ3v) is 4.67. The van der Waals surface area contributed by atoms with Gasteiger partial charge in [-0.05, 0) is 12.8 Å². The minimum absolute atomic E-state index is 0.0323. The summed E-state index contributed by atoms with van der Waals surface area (Å²) in [6.07, 6.45) is 5.88. The van der Waals surface area contributed by atoms with Crippen LogP contribution < -0.4 is 0 Å². The molecule has 1 aliphatic heterocycles. The predicted molar refractivity (Wildman–Crippen MR) is 81.0 cm³/mol. The van der Waals surface area contributed by atoms with Crippen molar-refractivity contribution in [1.29, 1.82) is 0 Å². The molecule has 0 N–H and O–H groups in total. The Morgan fingerprint density at radius 2 is 1.50 bits per heavy atom. The average Bonchev–Trinajstić information content (AvgIpc) is 2.59. The maximum Gasteiger partial charge on any atom is 0.306 e. The summed E-state index contributed by atoms with van der Waals surface area (Å²) >= 11 is 0. The van der Waals surface area contributed by atoms with Gasteiger partial charge in [-0.3, -0.25) is 14.4 Å². The Hall–Kier alpha value is -1.59. The molecule has 0 bridgehead atoms. The highest BCUT2D eigenvalue weighted by atomic mass is 16.5. The van der Waals surface area contributed by atoms with E-state index in [2.05, 4.69) is 4.74 Å². The van der Waals surface area contributed by atoms with Crippen molar-refractivity contribution in [3.05, 3.63) is 0 Å². The monoisotopic (exact) mass is 310 g/mol. The van der Waals surface area contributed by atoms with Gasteiger partial charge in [0.15, 0.2) is 0 Å². The summed E-state index contributed by atoms with van der Waals surface area (Å²) in [5.41, 5.74) is 0. The lowest BCUT2D eigenvalue weighted by atomic mass is 9.88. The first-order valence-corrected chi connectivity index (χ1v) is 8.25. The molecule has 124 valence electrons. The molecular formula is C16H26N2O4. The first-order valence-electron chi connectivity index (χ1n) is 8.25. The highest BCUT2D eigenvalue weighted by Crippen LogP contribution is 2.25. The maximum atomic E-state index is 12.4. The summed E-state index contributed by atoms with van der Waals surface area (Å²) < 4.78 is 4.54. The summed E-state index contributed by atoms with van der Waals surface area (Å²) in [6, 6.07) is 0. The fourth-order valence-corrected chi connectivity index (χ4v) is 3.25. The molecule has 2 fully saturated rings. The van der Waals surface area contributed by atoms with Gasteiger partial charge in [0.25, 0.3) is 0 Å². The lowest BCUT2D eigenvalue weighted by molar-refractivity contribution is -0.145. The fourth-order valence-electron chi connectivity index (χ4n) is 3.25. The van der Waals surface area contributed by atoms with Gasteiger partial charge < -0.3 is 14.5 Å². The molecule has 6 nitrogen and oxygen atoms in total. The van der Waals surface area contributed by atoms with Gasteiger partial charge in [-0.1, -0.05) is 19.3 Å². The minimum Gasteiger partial charge on any atom is -0.469 e. The van der Waals surface area contributed by atoms with Crippen molar-refractivity contribution in [3.8, 4) is 0 Å². The van der Waals surface area contributed by atoms with Crippen molar-refractivity contribution in [1.82, 2.24) is 9.80 Å². The molecule has 1 saturated heterocycles. The second-order valence-electron chi connectivity index (χ2n) is 6.12. The van der Waals surface area contributed by atoms with Gasteiger partial charge in [-0.2, -0.15) is 0 Å². The van der Waals surface area contributed by atoms with Crippen molar-refractivity contribution < 1.29 is 19.1 Å². The summed E-state index contributed by atoms with van der Waals surface area (Å²) in [5, 5.41) is 0. The maximum absolute atomic E-state index is 12.4. The SMILES string of the molecule is COC(=O)CCC(=O)N1CCN(C(=O)C2CCCCC2)CC1. The Balaban J connectivity index is 1.73. The van der Waals surface area contributed by atoms with Gasteiger partial charge in [-0.25, -0.2) is 0 Å². The first-order chi connectivity index (χ1) is 10.6. The van der Waals surface area contributed by atoms with Crippen LogP contribution in [-0.2, 0) is 19.1 Å². The Kier molecular flexibility index (Phi) is 6.21. The van der Waals surface area contributed by atoms with Gasteiger partial charge in [0, 0.05) is 38.5 Å². The zero-order chi connectivity index (χ0) is 15.9. The lowest BCUT2D eigenvalue weighted by Gasteiger charge is -2.37. The van der Waals surface area contributed by atoms with E-state index in [1.807, 2.05) is 4.90 Å². The standard InChI is InChI=1S/C16H26N2O4/c1-22-15(20)8-7-14(19)17-9-11-18(12-10-17)16(21)13-5-3-2-4-6-13/h13H,2-12H2,1H3. The van der Waals surface area contributed by atoms with Crippen LogP contribution in [-0.4, -0.2) is 60.9 Å². The number of carbonyl (C=O) groups excluding carboxylic acids is 3. The number of hydrogen-bond acceptors (Lipinski definition) is 4. The van der Waals surface area contributed by atoms with E-state index in [0.717, 1.165) is 25.7 Å². The zero-order valence-corrected chi connectivity index (χ0v) is 13.4. The molecule has 0 aromatic rings. The van der Waals surface area contributed by atoms with E-state index in [4.69, 9.17) is 0 Å². The lowest BCUT2D eigenvalue weighted by Crippen LogP contribution is -2.52. The molecule has 1 aliphatic carbocycles. The second kappa shape index (κ2) is 8.15. The number of rotatable bonds is 4. The van der Waals surface area contributed by atoms with E-state index in [0.29, 0.717) is 26.2 Å². The molecule has 0 unspecified atom stereocenters. The molecule has 0 radical (unpaired) electrons. The van der Waals surface area contributed by atoms with Crippen LogP contribution in [0.4, 0.5) is 0 Å². The van der Waals surface area contributed by atoms with E-state index in [1.165, 1.54) is 13.5 Å². The van der Waals surface area contributed by atoms with E-state index < -0.39 is 0 Å². The normalized spacial score (nSPS) is 19.9. The molecular weight excluding hydrogens is 284 g/mol. The number of hydrogen-bond donors (Lipinski definition) is 0. The summed E-state index contributed by atoms with van der Waals surface area (Å²) in [7, 11) is 1.32. The van der Waals surface area contributed by atoms with E-state index >= 15 is 0 Å². The van der Waals surface area contributed by atoms with Gasteiger partial charge in [-0.15, -0.1) is 0 Å². The topological polar surface area (TPSA) is 66.9 Å². The Morgan fingerprint density at radius 1 is 0.909 bits per heavy atom. The van der Waals surface area contributed by atoms with Gasteiger partial charge in [0.05, 0.1) is 13.5 Å². The van der Waals surface area contributed by atoms with Crippen LogP contribution in [0.1, 0.15) is 44.9 Å². The van der Waals surface area contributed by atoms with Gasteiger partial charge >= 0.3 is 5.97 Å². The smallest absolute Gasteiger partial charge is 0.306 e. The van der Waals surface area contributed by atoms with Crippen molar-refractivity contribution in [2.75, 3.05) is 33.3 Å². The average molecular weight is 310 g/mol. The number of piperazine rings is 1. The van der Waals surface area contributed by atoms with Gasteiger partial charge in [0.2, 0.25) is 11.8 Å². The fraction of sp³-hybridized carbons (Fsp3) is 0.812. The predicted octanol–water partition coefficient (Wildman–Crippen LogP) is 1.19. The summed E-state index contributed by atoms with van der Waals surface area (Å²) in [5.74, 6) is 0.0614. The first kappa shape index (κ1) is 16.8. The number of methoxy groups -OCH3 is 1. The van der Waals surface area contributed by atoms with Crippen LogP contribution in [0.15, 0.2) is 0 Å². The number of nitrogens with zero attached hydrogens (tertiary/aromatic N) is 2. The van der Waals surface area contributed by atoms with E-state index in [1.54, 1.807) is 4.90 Å². The molecule has 6 heteroatoms. The molecule has 1 saturated carbocycles. The molecule has 0 spiro atoms. The van der Waals surface area contributed by atoms with Crippen molar-refractivity contribution in [3.63, 3.8) is 0 Å². The molecule has 22 heavy (non-hydrogen) atoms. The molecule has 2 aliphatic rings. The van der Waals surface area contributed by atoms with Crippen molar-refractivity contribution >= 4 is 17.8 Å². The van der Waals surface area contributed by atoms with Gasteiger partial charge in [0.1, 0.15) is 0 Å². The van der Waals surface area contributed by atoms with Crippen LogP contribution >= 0.6 is 0 Å². The number of carbonyl (C=O) groups is 3. The third-order valence-electron chi connectivity index (χ3n) is 4.67. The highest BCUT2D eigenvalue weighted by Gasteiger charge is 2.29. The largest absolute Gasteiger partial charge is 0.469 e. The zero-order valence-electron chi connectivity index (χ0n) is 13.4. The second-order valence-corrected chi connectivity index (χ2v) is 6.12. The number of esters is 1. The highest BCUT2D eigenvalue weighted by molar-refractivity contribution is 5.82. The molecule has 1 heterocycles. The Bertz CT molecular complexity index is 410. The van der Waals surface area contributed by atoms with Crippen LogP contribution in [0.5, 0.6) is 0 Å². The van der Waals surface area contributed by atoms with Crippen LogP contribution in [0.25, 0.3) is 0 Å². The minimum atomic E-state index is -0.362. The van der Waals surface area contributed by atoms with Crippen molar-refractivity contribution in [2.45, 2.75) is 44.9 Å². The van der Waals surface area contributed by atoms with Crippen LogP contribution in [0, 0.1) is 5.92 Å². The molecule has 0 atom stereocenters. The number of amides is 2. The Morgan fingerprint density at radius 3 is 2.09 bits per heavy atom. The van der Waals surface area contributed by atoms with Crippen molar-refractivity contribution in [2.24, 2.45) is 5.92 Å². The number of ether oxygens (including phenoxy) is 1. The van der Waals surface area contributed by atoms with E-state index in [-0.39, 0.29) is 36.5 Å². The molecule has 2 rings (SSSR count). The summed E-state index contributed by atoms with van der Waals surface area (Å²) in [6.45, 7) is 2.36. The molecule has 2 amide bonds. The van der Waals surface area contributed by atoms with Crippen LogP contribution in [0.3, 0.4) is 0 Å².